The van der Waals surface area contributed by atoms with Crippen molar-refractivity contribution >= 4 is 9.84 Å². The molecule has 0 aromatic heterocycles. The Morgan fingerprint density at radius 3 is 2.31 bits per heavy atom. The topological polar surface area (TPSA) is 43.4 Å². The molecule has 0 aromatic carbocycles. The summed E-state index contributed by atoms with van der Waals surface area (Å²) in [5.41, 5.74) is 0. The molecule has 1 fully saturated rings. The van der Waals surface area contributed by atoms with Gasteiger partial charge in [0.2, 0.25) is 0 Å². The fraction of sp³-hybridized carbons (Fsp3) is 1.00. The second-order valence-electron chi connectivity index (χ2n) is 4.11. The zero-order valence-electron chi connectivity index (χ0n) is 8.49. The number of sulfone groups is 1. The van der Waals surface area contributed by atoms with Crippen LogP contribution in [0.3, 0.4) is 0 Å². The Kier molecular flexibility index (Phi) is 3.35. The van der Waals surface area contributed by atoms with Crippen LogP contribution in [0, 0.1) is 5.92 Å². The van der Waals surface area contributed by atoms with E-state index in [1.807, 2.05) is 6.92 Å². The van der Waals surface area contributed by atoms with Crippen LogP contribution in [0.1, 0.15) is 27.2 Å². The van der Waals surface area contributed by atoms with Crippen LogP contribution in [0.5, 0.6) is 0 Å². The van der Waals surface area contributed by atoms with Crippen molar-refractivity contribution in [3.05, 3.63) is 0 Å². The lowest BCUT2D eigenvalue weighted by molar-refractivity contribution is -0.0118. The van der Waals surface area contributed by atoms with Crippen LogP contribution in [0.15, 0.2) is 0 Å². The molecule has 2 atom stereocenters. The maximum Gasteiger partial charge on any atom is 0.152 e. The average molecular weight is 206 g/mol. The highest BCUT2D eigenvalue weighted by molar-refractivity contribution is 7.91. The van der Waals surface area contributed by atoms with Crippen molar-refractivity contribution in [1.82, 2.24) is 0 Å². The smallest absolute Gasteiger partial charge is 0.152 e. The molecule has 1 aliphatic heterocycles. The molecular formula is C9H18O3S. The molecule has 1 aliphatic rings. The molecule has 0 spiro atoms. The standard InChI is InChI=1S/C9H18O3S/c1-7(2)8(3)12-9-4-5-13(10,11)6-9/h7-9H,4-6H2,1-3H3. The van der Waals surface area contributed by atoms with E-state index >= 15 is 0 Å². The Balaban J connectivity index is 2.41. The van der Waals surface area contributed by atoms with E-state index in [4.69, 9.17) is 4.74 Å². The van der Waals surface area contributed by atoms with Crippen molar-refractivity contribution < 1.29 is 13.2 Å². The Morgan fingerprint density at radius 2 is 1.92 bits per heavy atom. The van der Waals surface area contributed by atoms with Gasteiger partial charge in [0.15, 0.2) is 9.84 Å². The zero-order valence-corrected chi connectivity index (χ0v) is 9.30. The van der Waals surface area contributed by atoms with Gasteiger partial charge < -0.3 is 4.74 Å². The summed E-state index contributed by atoms with van der Waals surface area (Å²) in [7, 11) is -2.79. The molecule has 78 valence electrons. The minimum absolute atomic E-state index is 0.0672. The Labute approximate surface area is 80.4 Å². The highest BCUT2D eigenvalue weighted by Crippen LogP contribution is 2.18. The summed E-state index contributed by atoms with van der Waals surface area (Å²) in [6, 6.07) is 0. The van der Waals surface area contributed by atoms with Gasteiger partial charge in [-0.2, -0.15) is 0 Å². The predicted octanol–water partition coefficient (Wildman–Crippen LogP) is 1.23. The summed E-state index contributed by atoms with van der Waals surface area (Å²) in [6.45, 7) is 6.15. The Hall–Kier alpha value is -0.0900. The van der Waals surface area contributed by atoms with Crippen molar-refractivity contribution in [2.45, 2.75) is 39.4 Å². The molecule has 4 heteroatoms. The van der Waals surface area contributed by atoms with E-state index in [2.05, 4.69) is 13.8 Å². The number of hydrogen-bond donors (Lipinski definition) is 0. The van der Waals surface area contributed by atoms with Crippen LogP contribution in [-0.2, 0) is 14.6 Å². The average Bonchev–Trinajstić information content (AvgIpc) is 2.30. The third-order valence-electron chi connectivity index (χ3n) is 2.54. The van der Waals surface area contributed by atoms with Crippen LogP contribution in [0.25, 0.3) is 0 Å². The normalized spacial score (nSPS) is 29.4. The maximum absolute atomic E-state index is 11.1. The highest BCUT2D eigenvalue weighted by atomic mass is 32.2. The van der Waals surface area contributed by atoms with Gasteiger partial charge in [0.05, 0.1) is 23.7 Å². The molecule has 2 unspecified atom stereocenters. The molecule has 3 nitrogen and oxygen atoms in total. The lowest BCUT2D eigenvalue weighted by Crippen LogP contribution is -2.24. The molecule has 1 rings (SSSR count). The van der Waals surface area contributed by atoms with Crippen LogP contribution < -0.4 is 0 Å². The fourth-order valence-electron chi connectivity index (χ4n) is 1.33. The number of rotatable bonds is 3. The first-order chi connectivity index (χ1) is 5.91. The first-order valence-electron chi connectivity index (χ1n) is 4.76. The third kappa shape index (κ3) is 3.27. The van der Waals surface area contributed by atoms with E-state index in [1.165, 1.54) is 0 Å². The lowest BCUT2D eigenvalue weighted by Gasteiger charge is -2.20. The largest absolute Gasteiger partial charge is 0.374 e. The predicted molar refractivity (Wildman–Crippen MR) is 52.4 cm³/mol. The molecule has 1 saturated heterocycles. The van der Waals surface area contributed by atoms with E-state index < -0.39 is 9.84 Å². The molecule has 0 bridgehead atoms. The van der Waals surface area contributed by atoms with Gasteiger partial charge >= 0.3 is 0 Å². The zero-order chi connectivity index (χ0) is 10.1. The van der Waals surface area contributed by atoms with Gasteiger partial charge in [-0.05, 0) is 19.3 Å². The summed E-state index contributed by atoms with van der Waals surface area (Å²) in [5, 5.41) is 0. The van der Waals surface area contributed by atoms with Crippen molar-refractivity contribution in [2.75, 3.05) is 11.5 Å². The summed E-state index contributed by atoms with van der Waals surface area (Å²) < 4.78 is 27.9. The van der Waals surface area contributed by atoms with E-state index in [0.717, 1.165) is 0 Å². The molecule has 0 amide bonds. The first-order valence-corrected chi connectivity index (χ1v) is 6.59. The Morgan fingerprint density at radius 1 is 1.31 bits per heavy atom. The van der Waals surface area contributed by atoms with Gasteiger partial charge in [-0.1, -0.05) is 13.8 Å². The van der Waals surface area contributed by atoms with Gasteiger partial charge in [0, 0.05) is 0 Å². The van der Waals surface area contributed by atoms with Gasteiger partial charge in [-0.15, -0.1) is 0 Å². The quantitative estimate of drug-likeness (QED) is 0.697. The van der Waals surface area contributed by atoms with Crippen molar-refractivity contribution in [3.63, 3.8) is 0 Å². The third-order valence-corrected chi connectivity index (χ3v) is 4.27. The van der Waals surface area contributed by atoms with Crippen LogP contribution >= 0.6 is 0 Å². The van der Waals surface area contributed by atoms with Gasteiger partial charge in [0.1, 0.15) is 0 Å². The van der Waals surface area contributed by atoms with Crippen molar-refractivity contribution in [2.24, 2.45) is 5.92 Å². The molecule has 13 heavy (non-hydrogen) atoms. The highest BCUT2D eigenvalue weighted by Gasteiger charge is 2.29. The van der Waals surface area contributed by atoms with E-state index in [9.17, 15) is 8.42 Å². The van der Waals surface area contributed by atoms with Crippen LogP contribution in [-0.4, -0.2) is 32.1 Å². The second-order valence-corrected chi connectivity index (χ2v) is 6.34. The summed E-state index contributed by atoms with van der Waals surface area (Å²) in [4.78, 5) is 0. The minimum Gasteiger partial charge on any atom is -0.374 e. The van der Waals surface area contributed by atoms with Crippen molar-refractivity contribution in [3.8, 4) is 0 Å². The van der Waals surface area contributed by atoms with Gasteiger partial charge in [-0.25, -0.2) is 8.42 Å². The second kappa shape index (κ2) is 3.96. The minimum atomic E-state index is -2.79. The summed E-state index contributed by atoms with van der Waals surface area (Å²) in [6.07, 6.45) is 0.750. The molecule has 0 N–H and O–H groups in total. The lowest BCUT2D eigenvalue weighted by atomic mass is 10.1. The van der Waals surface area contributed by atoms with E-state index in [1.54, 1.807) is 0 Å². The molecular weight excluding hydrogens is 188 g/mol. The van der Waals surface area contributed by atoms with E-state index in [0.29, 0.717) is 18.1 Å². The molecule has 0 aliphatic carbocycles. The number of hydrogen-bond acceptors (Lipinski definition) is 3. The van der Waals surface area contributed by atoms with Crippen molar-refractivity contribution in [1.29, 1.82) is 0 Å². The first kappa shape index (κ1) is 11.0. The maximum atomic E-state index is 11.1. The SMILES string of the molecule is CC(C)C(C)OC1CCS(=O)(=O)C1. The molecule has 0 aromatic rings. The van der Waals surface area contributed by atoms with Gasteiger partial charge in [0.25, 0.3) is 0 Å². The molecule has 0 saturated carbocycles. The number of ether oxygens (including phenoxy) is 1. The summed E-state index contributed by atoms with van der Waals surface area (Å²) in [5.74, 6) is 0.954. The van der Waals surface area contributed by atoms with E-state index in [-0.39, 0.29) is 18.0 Å². The van der Waals surface area contributed by atoms with Crippen LogP contribution in [0.2, 0.25) is 0 Å². The monoisotopic (exact) mass is 206 g/mol. The van der Waals surface area contributed by atoms with Gasteiger partial charge in [-0.3, -0.25) is 0 Å². The van der Waals surface area contributed by atoms with Crippen LogP contribution in [0.4, 0.5) is 0 Å². The fourth-order valence-corrected chi connectivity index (χ4v) is 2.93. The summed E-state index contributed by atoms with van der Waals surface area (Å²) >= 11 is 0. The molecule has 0 radical (unpaired) electrons. The Bertz CT molecular complexity index is 256. The molecule has 1 heterocycles.